The maximum absolute atomic E-state index is 15.5. The zero-order chi connectivity index (χ0) is 49.1. The van der Waals surface area contributed by atoms with Gasteiger partial charge in [0.2, 0.25) is 0 Å². The number of ether oxygens (including phenoxy) is 1. The number of hydrogen-bond donors (Lipinski definition) is 0. The minimum atomic E-state index is -0.596. The minimum Gasteiger partial charge on any atom is -0.509 e. The van der Waals surface area contributed by atoms with Crippen molar-refractivity contribution in [1.29, 1.82) is 0 Å². The molecule has 0 bridgehead atoms. The van der Waals surface area contributed by atoms with Crippen molar-refractivity contribution in [2.45, 2.75) is 98.8 Å². The number of halogens is 2. The molecule has 0 aliphatic carbocycles. The van der Waals surface area contributed by atoms with E-state index in [2.05, 4.69) is 193 Å². The number of pyridine rings is 1. The number of para-hydroxylation sites is 1. The average molecular weight is 1120 g/mol. The Hall–Kier alpha value is -6.56. The molecule has 0 saturated carbocycles. The first kappa shape index (κ1) is 49.4. The van der Waals surface area contributed by atoms with Crippen LogP contribution in [0.5, 0.6) is 11.5 Å². The monoisotopic (exact) mass is 1120 g/mol. The predicted octanol–water partition coefficient (Wildman–Crippen LogP) is 18.2. The summed E-state index contributed by atoms with van der Waals surface area (Å²) >= 11 is 0. The van der Waals surface area contributed by atoms with Crippen molar-refractivity contribution in [2.24, 2.45) is 0 Å². The molecule has 0 spiro atoms. The van der Waals surface area contributed by atoms with Crippen LogP contribution in [-0.2, 0) is 21.1 Å². The summed E-state index contributed by atoms with van der Waals surface area (Å²) in [7, 11) is 0. The number of aromatic nitrogens is 2. The van der Waals surface area contributed by atoms with Gasteiger partial charge in [-0.05, 0) is 129 Å². The van der Waals surface area contributed by atoms with Gasteiger partial charge in [0.05, 0.1) is 0 Å². The molecule has 0 amide bonds. The topological polar surface area (TPSA) is 33.5 Å². The maximum Gasteiger partial charge on any atom is 0.135 e. The number of benzene rings is 7. The molecule has 7 aromatic carbocycles. The standard InChI is InChI=1S/C63H59F2N4O.Pt/c1-37(2)42-21-26-58-60(32-42)68(63-54(40(7)8)30-43(31-55(63)41(9)10)51-24-22-45(64)33-56(51)65)36-67(58)46-28-44(62-49(38(3)4)17-15-18-50(62)39(5)6)29-48(34-46)70-47-23-25-53-52-16-11-12-19-57(52)69(59(53)35-47)61-20-13-14-27-66-61;/h11-33,36-41H,1-10H3;/q-3;. The number of hydrogen-bond acceptors (Lipinski definition) is 4. The van der Waals surface area contributed by atoms with E-state index in [9.17, 15) is 4.39 Å². The van der Waals surface area contributed by atoms with Crippen LogP contribution in [0, 0.1) is 30.4 Å². The van der Waals surface area contributed by atoms with Crippen molar-refractivity contribution >= 4 is 44.6 Å². The third-order valence-electron chi connectivity index (χ3n) is 13.7. The number of nitrogens with zero attached hydrogens (tertiary/aromatic N) is 4. The molecule has 0 saturated heterocycles. The van der Waals surface area contributed by atoms with Crippen LogP contribution in [-0.4, -0.2) is 9.55 Å². The molecule has 71 heavy (non-hydrogen) atoms. The van der Waals surface area contributed by atoms with Crippen LogP contribution in [0.3, 0.4) is 0 Å². The molecule has 0 N–H and O–H groups in total. The van der Waals surface area contributed by atoms with E-state index in [0.717, 1.165) is 78.7 Å². The Morgan fingerprint density at radius 1 is 0.549 bits per heavy atom. The molecule has 9 aromatic rings. The van der Waals surface area contributed by atoms with E-state index in [-0.39, 0.29) is 50.7 Å². The van der Waals surface area contributed by atoms with Crippen LogP contribution in [0.2, 0.25) is 0 Å². The first-order chi connectivity index (χ1) is 33.7. The van der Waals surface area contributed by atoms with Crippen molar-refractivity contribution in [3.63, 3.8) is 0 Å². The maximum atomic E-state index is 15.5. The molecular weight excluding hydrogens is 1060 g/mol. The molecular formula is C63H59F2N4OPt-3. The Labute approximate surface area is 432 Å². The summed E-state index contributed by atoms with van der Waals surface area (Å²) in [4.78, 5) is 9.30. The first-order valence-corrected chi connectivity index (χ1v) is 24.6. The third-order valence-corrected chi connectivity index (χ3v) is 13.7. The Morgan fingerprint density at radius 3 is 1.89 bits per heavy atom. The summed E-state index contributed by atoms with van der Waals surface area (Å²) in [6.07, 6.45) is 1.81. The van der Waals surface area contributed by atoms with Gasteiger partial charge in [0.1, 0.15) is 17.5 Å². The van der Waals surface area contributed by atoms with Crippen LogP contribution < -0.4 is 14.5 Å². The summed E-state index contributed by atoms with van der Waals surface area (Å²) < 4.78 is 38.9. The average Bonchev–Trinajstić information content (AvgIpc) is 3.89. The number of anilines is 4. The third kappa shape index (κ3) is 9.19. The summed E-state index contributed by atoms with van der Waals surface area (Å²) in [5.74, 6) is 1.67. The first-order valence-electron chi connectivity index (χ1n) is 24.6. The smallest absolute Gasteiger partial charge is 0.135 e. The second kappa shape index (κ2) is 19.9. The van der Waals surface area contributed by atoms with Crippen molar-refractivity contribution in [3.05, 3.63) is 198 Å². The van der Waals surface area contributed by atoms with E-state index in [1.807, 2.05) is 30.5 Å². The number of fused-ring (bicyclic) bond motifs is 4. The van der Waals surface area contributed by atoms with E-state index in [4.69, 9.17) is 9.72 Å². The van der Waals surface area contributed by atoms with Gasteiger partial charge in [-0.25, -0.2) is 13.8 Å². The largest absolute Gasteiger partial charge is 0.509 e. The van der Waals surface area contributed by atoms with E-state index in [0.29, 0.717) is 17.1 Å². The fourth-order valence-electron chi connectivity index (χ4n) is 10.1. The van der Waals surface area contributed by atoms with Crippen molar-refractivity contribution in [1.82, 2.24) is 9.55 Å². The van der Waals surface area contributed by atoms with E-state index >= 15 is 4.39 Å². The quantitative estimate of drug-likeness (QED) is 0.114. The molecule has 5 nitrogen and oxygen atoms in total. The SMILES string of the molecule is CC(C)c1ccc2c(c1)N(c1c(C(C)C)cc(-c3ccc(F)cc3F)cc1C(C)C)[CH-]N2c1[c-]c(Oc2[c-]c3c(cc2)c2ccccc2n3-c2ccccn2)cc(-c2c(C(C)C)cccc2C(C)C)c1.[Pt]. The molecule has 10 rings (SSSR count). The molecule has 2 aromatic heterocycles. The van der Waals surface area contributed by atoms with Crippen LogP contribution in [0.15, 0.2) is 140 Å². The summed E-state index contributed by atoms with van der Waals surface area (Å²) in [5, 5.41) is 2.17. The second-order valence-electron chi connectivity index (χ2n) is 20.2. The van der Waals surface area contributed by atoms with Crippen LogP contribution in [0.1, 0.15) is 127 Å². The van der Waals surface area contributed by atoms with Gasteiger partial charge in [-0.1, -0.05) is 123 Å². The van der Waals surface area contributed by atoms with Crippen molar-refractivity contribution in [3.8, 4) is 39.6 Å². The Morgan fingerprint density at radius 2 is 1.24 bits per heavy atom. The predicted molar refractivity (Wildman–Crippen MR) is 285 cm³/mol. The molecule has 364 valence electrons. The van der Waals surface area contributed by atoms with Gasteiger partial charge in [0.25, 0.3) is 0 Å². The van der Waals surface area contributed by atoms with E-state index in [1.54, 1.807) is 6.07 Å². The zero-order valence-corrected chi connectivity index (χ0v) is 44.3. The van der Waals surface area contributed by atoms with Crippen molar-refractivity contribution < 1.29 is 34.6 Å². The molecule has 8 heteroatoms. The van der Waals surface area contributed by atoms with Crippen molar-refractivity contribution in [2.75, 3.05) is 9.80 Å². The Kier molecular flexibility index (Phi) is 13.9. The summed E-state index contributed by atoms with van der Waals surface area (Å²) in [6.45, 7) is 24.3. The van der Waals surface area contributed by atoms with Gasteiger partial charge in [-0.3, -0.25) is 0 Å². The van der Waals surface area contributed by atoms with Crippen LogP contribution in [0.4, 0.5) is 31.5 Å². The van der Waals surface area contributed by atoms with Gasteiger partial charge >= 0.3 is 0 Å². The second-order valence-corrected chi connectivity index (χ2v) is 20.2. The molecule has 3 heterocycles. The fourth-order valence-corrected chi connectivity index (χ4v) is 10.1. The van der Waals surface area contributed by atoms with Gasteiger partial charge < -0.3 is 19.1 Å². The summed E-state index contributed by atoms with van der Waals surface area (Å²) in [6, 6.07) is 51.6. The van der Waals surface area contributed by atoms with Crippen LogP contribution in [0.25, 0.3) is 49.9 Å². The Balaban J connectivity index is 0.00000624. The van der Waals surface area contributed by atoms with E-state index < -0.39 is 11.6 Å². The number of rotatable bonds is 12. The fraction of sp³-hybridized carbons (Fsp3) is 0.238. The van der Waals surface area contributed by atoms with Gasteiger partial charge in [0, 0.05) is 73.0 Å². The molecule has 0 unspecified atom stereocenters. The molecule has 0 atom stereocenters. The Bertz CT molecular complexity index is 3370. The van der Waals surface area contributed by atoms with Gasteiger partial charge in [0.15, 0.2) is 0 Å². The molecule has 0 fully saturated rings. The molecule has 0 radical (unpaired) electrons. The molecule has 1 aliphatic heterocycles. The van der Waals surface area contributed by atoms with E-state index in [1.165, 1.54) is 28.3 Å². The zero-order valence-electron chi connectivity index (χ0n) is 42.0. The van der Waals surface area contributed by atoms with Gasteiger partial charge in [-0.2, -0.15) is 6.07 Å². The normalized spacial score (nSPS) is 12.6. The molecule has 1 aliphatic rings. The minimum absolute atomic E-state index is 0. The van der Waals surface area contributed by atoms with Crippen LogP contribution >= 0.6 is 0 Å². The summed E-state index contributed by atoms with van der Waals surface area (Å²) in [5.41, 5.74) is 15.0. The van der Waals surface area contributed by atoms with Gasteiger partial charge in [-0.15, -0.1) is 53.6 Å².